The third-order valence-electron chi connectivity index (χ3n) is 4.69. The average molecular weight is 258 g/mol. The molecule has 3 heteroatoms. The van der Waals surface area contributed by atoms with E-state index >= 15 is 0 Å². The second-order valence-corrected chi connectivity index (χ2v) is 5.89. The maximum Gasteiger partial charge on any atom is 0.0894 e. The first-order valence-electron chi connectivity index (χ1n) is 7.00. The van der Waals surface area contributed by atoms with E-state index < -0.39 is 0 Å². The highest BCUT2D eigenvalue weighted by atomic mass is 16.3. The van der Waals surface area contributed by atoms with Gasteiger partial charge in [-0.1, -0.05) is 29.8 Å². The molecule has 2 N–H and O–H groups in total. The van der Waals surface area contributed by atoms with E-state index in [0.29, 0.717) is 6.17 Å². The van der Waals surface area contributed by atoms with Crippen LogP contribution in [0.25, 0.3) is 0 Å². The number of likely N-dealkylation sites (N-methyl/N-ethyl adjacent to an activating group) is 1. The molecule has 0 radical (unpaired) electrons. The van der Waals surface area contributed by atoms with Crippen LogP contribution in [0.5, 0.6) is 0 Å². The molecule has 2 aliphatic heterocycles. The fourth-order valence-corrected chi connectivity index (χ4v) is 3.53. The van der Waals surface area contributed by atoms with Crippen LogP contribution in [0.3, 0.4) is 0 Å². The van der Waals surface area contributed by atoms with Crippen molar-refractivity contribution in [1.29, 1.82) is 0 Å². The standard InChI is InChI=1S/C16H22N2O/c1-12(11-19)7-8-16-9-10-18(2)15(16)17-14-6-4-3-5-13(14)16/h3-7,15,17,19H,8-11H2,1-2H3. The molecule has 2 aliphatic rings. The zero-order chi connectivity index (χ0) is 13.5. The van der Waals surface area contributed by atoms with Crippen LogP contribution in [-0.4, -0.2) is 36.4 Å². The maximum atomic E-state index is 9.20. The second-order valence-electron chi connectivity index (χ2n) is 5.89. The van der Waals surface area contributed by atoms with Gasteiger partial charge in [0.25, 0.3) is 0 Å². The Morgan fingerprint density at radius 1 is 1.53 bits per heavy atom. The Balaban J connectivity index is 2.00. The molecule has 0 aromatic heterocycles. The molecule has 1 fully saturated rings. The Kier molecular flexibility index (Phi) is 3.11. The predicted molar refractivity (Wildman–Crippen MR) is 78.2 cm³/mol. The Morgan fingerprint density at radius 2 is 2.32 bits per heavy atom. The van der Waals surface area contributed by atoms with Gasteiger partial charge in [-0.25, -0.2) is 0 Å². The first-order chi connectivity index (χ1) is 9.17. The molecule has 0 spiro atoms. The lowest BCUT2D eigenvalue weighted by molar-refractivity contribution is 0.284. The molecule has 0 aliphatic carbocycles. The van der Waals surface area contributed by atoms with Crippen LogP contribution < -0.4 is 5.32 Å². The Labute approximate surface area is 114 Å². The number of para-hydroxylation sites is 1. The fourth-order valence-electron chi connectivity index (χ4n) is 3.53. The van der Waals surface area contributed by atoms with Gasteiger partial charge in [0.1, 0.15) is 0 Å². The number of hydrogen-bond acceptors (Lipinski definition) is 3. The molecule has 102 valence electrons. The number of benzene rings is 1. The summed E-state index contributed by atoms with van der Waals surface area (Å²) in [5, 5.41) is 12.9. The highest BCUT2D eigenvalue weighted by molar-refractivity contribution is 5.63. The van der Waals surface area contributed by atoms with E-state index in [1.54, 1.807) is 0 Å². The van der Waals surface area contributed by atoms with Crippen molar-refractivity contribution in [2.45, 2.75) is 31.3 Å². The van der Waals surface area contributed by atoms with Crippen LogP contribution in [-0.2, 0) is 5.41 Å². The van der Waals surface area contributed by atoms with E-state index in [4.69, 9.17) is 0 Å². The van der Waals surface area contributed by atoms with Crippen LogP contribution >= 0.6 is 0 Å². The summed E-state index contributed by atoms with van der Waals surface area (Å²) in [5.41, 5.74) is 3.94. The van der Waals surface area contributed by atoms with E-state index in [0.717, 1.165) is 18.5 Å². The Bertz CT molecular complexity index is 511. The first kappa shape index (κ1) is 12.7. The second kappa shape index (κ2) is 4.66. The third kappa shape index (κ3) is 1.88. The number of rotatable bonds is 3. The lowest BCUT2D eigenvalue weighted by Crippen LogP contribution is -2.41. The normalized spacial score (nSPS) is 30.1. The van der Waals surface area contributed by atoms with Crippen molar-refractivity contribution >= 4 is 5.69 Å². The highest BCUT2D eigenvalue weighted by Gasteiger charge is 2.51. The quantitative estimate of drug-likeness (QED) is 0.817. The van der Waals surface area contributed by atoms with Gasteiger partial charge in [0.2, 0.25) is 0 Å². The number of likely N-dealkylation sites (tertiary alicyclic amines) is 1. The first-order valence-corrected chi connectivity index (χ1v) is 7.00. The molecule has 19 heavy (non-hydrogen) atoms. The highest BCUT2D eigenvalue weighted by Crippen LogP contribution is 2.50. The zero-order valence-electron chi connectivity index (χ0n) is 11.7. The number of hydrogen-bond donors (Lipinski definition) is 2. The van der Waals surface area contributed by atoms with Crippen LogP contribution in [0.1, 0.15) is 25.3 Å². The summed E-state index contributed by atoms with van der Waals surface area (Å²) in [6.45, 7) is 3.28. The van der Waals surface area contributed by atoms with Gasteiger partial charge in [-0.05, 0) is 38.4 Å². The van der Waals surface area contributed by atoms with Gasteiger partial charge >= 0.3 is 0 Å². The molecule has 3 nitrogen and oxygen atoms in total. The molecular weight excluding hydrogens is 236 g/mol. The van der Waals surface area contributed by atoms with Crippen molar-refractivity contribution in [2.24, 2.45) is 0 Å². The van der Waals surface area contributed by atoms with E-state index in [1.165, 1.54) is 17.7 Å². The minimum Gasteiger partial charge on any atom is -0.392 e. The summed E-state index contributed by atoms with van der Waals surface area (Å²) in [5.74, 6) is 0. The maximum absolute atomic E-state index is 9.20. The van der Waals surface area contributed by atoms with E-state index in [9.17, 15) is 5.11 Å². The van der Waals surface area contributed by atoms with Gasteiger partial charge in [0, 0.05) is 17.6 Å². The molecule has 0 amide bonds. The summed E-state index contributed by atoms with van der Waals surface area (Å²) in [4.78, 5) is 2.40. The molecule has 1 aromatic carbocycles. The van der Waals surface area contributed by atoms with Crippen molar-refractivity contribution in [3.63, 3.8) is 0 Å². The molecule has 2 atom stereocenters. The molecule has 1 saturated heterocycles. The molecule has 0 bridgehead atoms. The molecule has 2 unspecified atom stereocenters. The summed E-state index contributed by atoms with van der Waals surface area (Å²) in [7, 11) is 2.19. The zero-order valence-corrected chi connectivity index (χ0v) is 11.7. The third-order valence-corrected chi connectivity index (χ3v) is 4.69. The average Bonchev–Trinajstić information content (AvgIpc) is 2.92. The number of aliphatic hydroxyl groups excluding tert-OH is 1. The van der Waals surface area contributed by atoms with Crippen LogP contribution in [0, 0.1) is 0 Å². The SMILES string of the molecule is CC(=CCC12CCN(C)C1Nc1ccccc12)CO. The Morgan fingerprint density at radius 3 is 3.11 bits per heavy atom. The lowest BCUT2D eigenvalue weighted by Gasteiger charge is -2.30. The van der Waals surface area contributed by atoms with Gasteiger partial charge in [-0.2, -0.15) is 0 Å². The number of fused-ring (bicyclic) bond motifs is 3. The van der Waals surface area contributed by atoms with E-state index in [2.05, 4.69) is 47.6 Å². The summed E-state index contributed by atoms with van der Waals surface area (Å²) in [6.07, 6.45) is 4.76. The summed E-state index contributed by atoms with van der Waals surface area (Å²) < 4.78 is 0. The van der Waals surface area contributed by atoms with Crippen LogP contribution in [0.4, 0.5) is 5.69 Å². The summed E-state index contributed by atoms with van der Waals surface area (Å²) in [6, 6.07) is 8.65. The molecule has 2 heterocycles. The monoisotopic (exact) mass is 258 g/mol. The molecule has 3 rings (SSSR count). The molecule has 1 aromatic rings. The largest absolute Gasteiger partial charge is 0.392 e. The number of nitrogens with one attached hydrogen (secondary N) is 1. The van der Waals surface area contributed by atoms with E-state index in [-0.39, 0.29) is 12.0 Å². The Hall–Kier alpha value is -1.32. The summed E-state index contributed by atoms with van der Waals surface area (Å²) >= 11 is 0. The van der Waals surface area contributed by atoms with Gasteiger partial charge in [-0.15, -0.1) is 0 Å². The van der Waals surface area contributed by atoms with Crippen molar-refractivity contribution in [3.8, 4) is 0 Å². The van der Waals surface area contributed by atoms with Gasteiger partial charge in [0.05, 0.1) is 12.8 Å². The van der Waals surface area contributed by atoms with E-state index in [1.807, 2.05) is 6.92 Å². The van der Waals surface area contributed by atoms with Crippen molar-refractivity contribution in [2.75, 3.05) is 25.5 Å². The van der Waals surface area contributed by atoms with Gasteiger partial charge in [-0.3, -0.25) is 4.90 Å². The number of anilines is 1. The fraction of sp³-hybridized carbons (Fsp3) is 0.500. The van der Waals surface area contributed by atoms with Crippen molar-refractivity contribution in [3.05, 3.63) is 41.5 Å². The minimum atomic E-state index is 0.158. The van der Waals surface area contributed by atoms with Gasteiger partial charge in [0.15, 0.2) is 0 Å². The van der Waals surface area contributed by atoms with Gasteiger partial charge < -0.3 is 10.4 Å². The van der Waals surface area contributed by atoms with Crippen molar-refractivity contribution in [1.82, 2.24) is 4.90 Å². The molecule has 0 saturated carbocycles. The van der Waals surface area contributed by atoms with Crippen molar-refractivity contribution < 1.29 is 5.11 Å². The van der Waals surface area contributed by atoms with Crippen LogP contribution in [0.2, 0.25) is 0 Å². The predicted octanol–water partition coefficient (Wildman–Crippen LogP) is 2.34. The van der Waals surface area contributed by atoms with Crippen LogP contribution in [0.15, 0.2) is 35.9 Å². The number of allylic oxidation sites excluding steroid dienone is 1. The number of nitrogens with zero attached hydrogens (tertiary/aromatic N) is 1. The number of aliphatic hydroxyl groups is 1. The minimum absolute atomic E-state index is 0.158. The molecular formula is C16H22N2O. The smallest absolute Gasteiger partial charge is 0.0894 e. The topological polar surface area (TPSA) is 35.5 Å². The lowest BCUT2D eigenvalue weighted by atomic mass is 9.76.